The molecule has 0 amide bonds. The third-order valence-electron chi connectivity index (χ3n) is 5.17. The van der Waals surface area contributed by atoms with Crippen molar-refractivity contribution in [2.75, 3.05) is 31.5 Å². The molecular formula is C18H23N9O2. The Morgan fingerprint density at radius 3 is 2.83 bits per heavy atom. The van der Waals surface area contributed by atoms with E-state index in [0.717, 1.165) is 39.0 Å². The molecule has 3 aromatic heterocycles. The van der Waals surface area contributed by atoms with Crippen molar-refractivity contribution < 1.29 is 5.11 Å². The van der Waals surface area contributed by atoms with Crippen LogP contribution in [0.4, 0.5) is 5.95 Å². The SMILES string of the molecule is O=c1[nH]c(O)c(/C=c2\cnn3c(=NC4CC4)nc(NCCN4CCCC4)nc23)[nH]1. The first-order valence-corrected chi connectivity index (χ1v) is 9.94. The first kappa shape index (κ1) is 17.9. The fourth-order valence-corrected chi connectivity index (χ4v) is 3.49. The standard InChI is InChI=1S/C18H23N9O2/c28-15-13(22-18(29)24-15)9-11-10-20-27-14(11)23-16(25-17(27)21-12-3-4-12)19-5-8-26-6-1-2-7-26/h9-10,12,28H,1-8H2,(H,19,21,25)(H2,22,24,29)/b11-9+. The predicted octanol–water partition coefficient (Wildman–Crippen LogP) is -1.04. The third-order valence-corrected chi connectivity index (χ3v) is 5.17. The maximum Gasteiger partial charge on any atom is 0.326 e. The Morgan fingerprint density at radius 2 is 2.10 bits per heavy atom. The minimum Gasteiger partial charge on any atom is -0.493 e. The molecule has 3 aromatic rings. The molecule has 2 fully saturated rings. The van der Waals surface area contributed by atoms with Gasteiger partial charge in [0.25, 0.3) is 5.62 Å². The van der Waals surface area contributed by atoms with Crippen LogP contribution in [0.25, 0.3) is 11.7 Å². The van der Waals surface area contributed by atoms with Crippen molar-refractivity contribution in [1.82, 2.24) is 34.4 Å². The van der Waals surface area contributed by atoms with Gasteiger partial charge in [0.15, 0.2) is 5.65 Å². The van der Waals surface area contributed by atoms with Crippen molar-refractivity contribution in [2.45, 2.75) is 31.7 Å². The number of aromatic hydroxyl groups is 1. The van der Waals surface area contributed by atoms with Crippen LogP contribution in [0.2, 0.25) is 0 Å². The smallest absolute Gasteiger partial charge is 0.326 e. The Hall–Kier alpha value is -3.21. The van der Waals surface area contributed by atoms with Crippen LogP contribution in [0.1, 0.15) is 31.4 Å². The molecule has 11 heteroatoms. The number of hydrogen-bond donors (Lipinski definition) is 4. The van der Waals surface area contributed by atoms with E-state index in [1.807, 2.05) is 0 Å². The molecule has 1 aliphatic heterocycles. The zero-order valence-electron chi connectivity index (χ0n) is 15.9. The summed E-state index contributed by atoms with van der Waals surface area (Å²) in [4.78, 5) is 32.5. The highest BCUT2D eigenvalue weighted by Crippen LogP contribution is 2.22. The number of rotatable bonds is 6. The number of anilines is 1. The molecule has 2 aliphatic rings. The molecule has 5 rings (SSSR count). The number of imidazole rings is 1. The molecule has 0 aromatic carbocycles. The Labute approximate surface area is 165 Å². The number of fused-ring (bicyclic) bond motifs is 1. The van der Waals surface area contributed by atoms with E-state index in [-0.39, 0.29) is 17.6 Å². The van der Waals surface area contributed by atoms with Crippen LogP contribution in [0.3, 0.4) is 0 Å². The van der Waals surface area contributed by atoms with Gasteiger partial charge in [0.05, 0.1) is 12.2 Å². The number of aromatic amines is 2. The van der Waals surface area contributed by atoms with Gasteiger partial charge < -0.3 is 20.3 Å². The van der Waals surface area contributed by atoms with Gasteiger partial charge in [-0.15, -0.1) is 0 Å². The molecular weight excluding hydrogens is 374 g/mol. The monoisotopic (exact) mass is 397 g/mol. The third kappa shape index (κ3) is 3.86. The normalized spacial score (nSPS) is 18.9. The predicted molar refractivity (Wildman–Crippen MR) is 105 cm³/mol. The van der Waals surface area contributed by atoms with Gasteiger partial charge in [-0.25, -0.2) is 9.79 Å². The topological polar surface area (TPSA) is 140 Å². The second-order valence-corrected chi connectivity index (χ2v) is 7.50. The Morgan fingerprint density at radius 1 is 1.28 bits per heavy atom. The minimum atomic E-state index is -0.478. The molecule has 4 heterocycles. The van der Waals surface area contributed by atoms with E-state index >= 15 is 0 Å². The van der Waals surface area contributed by atoms with Gasteiger partial charge in [0.2, 0.25) is 11.8 Å². The molecule has 4 N–H and O–H groups in total. The fraction of sp³-hybridized carbons (Fsp3) is 0.500. The van der Waals surface area contributed by atoms with E-state index < -0.39 is 5.69 Å². The van der Waals surface area contributed by atoms with Gasteiger partial charge >= 0.3 is 5.69 Å². The lowest BCUT2D eigenvalue weighted by Crippen LogP contribution is -2.29. The van der Waals surface area contributed by atoms with Gasteiger partial charge in [-0.2, -0.15) is 19.6 Å². The lowest BCUT2D eigenvalue weighted by Gasteiger charge is -2.14. The highest BCUT2D eigenvalue weighted by Gasteiger charge is 2.21. The minimum absolute atomic E-state index is 0.227. The number of H-pyrrole nitrogens is 2. The maximum atomic E-state index is 11.4. The quantitative estimate of drug-likeness (QED) is 0.417. The molecule has 1 saturated carbocycles. The number of likely N-dealkylation sites (tertiary alicyclic amines) is 1. The zero-order chi connectivity index (χ0) is 19.8. The van der Waals surface area contributed by atoms with Crippen molar-refractivity contribution in [1.29, 1.82) is 0 Å². The Bertz CT molecular complexity index is 1200. The van der Waals surface area contributed by atoms with Crippen LogP contribution < -0.4 is 21.8 Å². The number of hydrogen-bond acceptors (Lipinski definition) is 8. The van der Waals surface area contributed by atoms with Crippen LogP contribution in [0.15, 0.2) is 16.0 Å². The number of aromatic nitrogens is 6. The molecule has 11 nitrogen and oxygen atoms in total. The number of nitrogens with one attached hydrogen (secondary N) is 3. The van der Waals surface area contributed by atoms with Gasteiger partial charge in [-0.3, -0.25) is 4.98 Å². The number of nitrogens with zero attached hydrogens (tertiary/aromatic N) is 6. The summed E-state index contributed by atoms with van der Waals surface area (Å²) < 4.78 is 1.59. The Balaban J connectivity index is 1.52. The second kappa shape index (κ2) is 7.32. The zero-order valence-corrected chi connectivity index (χ0v) is 15.9. The molecule has 0 atom stereocenters. The van der Waals surface area contributed by atoms with E-state index in [4.69, 9.17) is 0 Å². The van der Waals surface area contributed by atoms with E-state index in [0.29, 0.717) is 22.4 Å². The summed E-state index contributed by atoms with van der Waals surface area (Å²) in [5.74, 6) is 0.272. The molecule has 0 spiro atoms. The molecule has 1 saturated heterocycles. The lowest BCUT2D eigenvalue weighted by atomic mass is 10.3. The van der Waals surface area contributed by atoms with E-state index in [2.05, 4.69) is 40.2 Å². The van der Waals surface area contributed by atoms with E-state index in [1.165, 1.54) is 12.8 Å². The summed E-state index contributed by atoms with van der Waals surface area (Å²) in [7, 11) is 0. The first-order valence-electron chi connectivity index (χ1n) is 9.94. The fourth-order valence-electron chi connectivity index (χ4n) is 3.49. The summed E-state index contributed by atoms with van der Waals surface area (Å²) in [6, 6.07) is 0.284. The molecule has 0 unspecified atom stereocenters. The van der Waals surface area contributed by atoms with Crippen LogP contribution in [0, 0.1) is 0 Å². The molecule has 1 aliphatic carbocycles. The summed E-state index contributed by atoms with van der Waals surface area (Å²) in [6.45, 7) is 3.98. The van der Waals surface area contributed by atoms with Crippen molar-refractivity contribution in [3.8, 4) is 5.88 Å². The van der Waals surface area contributed by atoms with Crippen molar-refractivity contribution >= 4 is 17.7 Å². The molecule has 29 heavy (non-hydrogen) atoms. The highest BCUT2D eigenvalue weighted by molar-refractivity contribution is 5.57. The van der Waals surface area contributed by atoms with Gasteiger partial charge in [-0.1, -0.05) is 0 Å². The summed E-state index contributed by atoms with van der Waals surface area (Å²) >= 11 is 0. The first-order chi connectivity index (χ1) is 14.2. The van der Waals surface area contributed by atoms with E-state index in [9.17, 15) is 9.90 Å². The highest BCUT2D eigenvalue weighted by atomic mass is 16.3. The maximum absolute atomic E-state index is 11.4. The summed E-state index contributed by atoms with van der Waals surface area (Å²) in [5, 5.41) is 18.2. The molecule has 0 bridgehead atoms. The van der Waals surface area contributed by atoms with Gasteiger partial charge in [-0.05, 0) is 44.8 Å². The summed E-state index contributed by atoms with van der Waals surface area (Å²) in [6.07, 6.45) is 7.88. The average Bonchev–Trinajstić information content (AvgIpc) is 3.07. The molecule has 152 valence electrons. The van der Waals surface area contributed by atoms with Crippen LogP contribution >= 0.6 is 0 Å². The van der Waals surface area contributed by atoms with Crippen LogP contribution in [-0.4, -0.2) is 71.8 Å². The van der Waals surface area contributed by atoms with Gasteiger partial charge in [0, 0.05) is 18.3 Å². The van der Waals surface area contributed by atoms with Crippen molar-refractivity contribution in [2.24, 2.45) is 4.99 Å². The summed E-state index contributed by atoms with van der Waals surface area (Å²) in [5.41, 5.74) is 0.860. The van der Waals surface area contributed by atoms with Crippen molar-refractivity contribution in [3.05, 3.63) is 33.2 Å². The van der Waals surface area contributed by atoms with Crippen LogP contribution in [-0.2, 0) is 0 Å². The van der Waals surface area contributed by atoms with Crippen LogP contribution in [0.5, 0.6) is 5.88 Å². The van der Waals surface area contributed by atoms with Gasteiger partial charge in [0.1, 0.15) is 5.69 Å². The van der Waals surface area contributed by atoms with E-state index in [1.54, 1.807) is 16.8 Å². The average molecular weight is 397 g/mol. The Kier molecular flexibility index (Phi) is 4.51. The lowest BCUT2D eigenvalue weighted by molar-refractivity contribution is 0.352. The van der Waals surface area contributed by atoms with Crippen molar-refractivity contribution in [3.63, 3.8) is 0 Å². The second-order valence-electron chi connectivity index (χ2n) is 7.50. The molecule has 0 radical (unpaired) electrons. The largest absolute Gasteiger partial charge is 0.493 e.